The van der Waals surface area contributed by atoms with Crippen LogP contribution in [0, 0.1) is 0 Å². The van der Waals surface area contributed by atoms with Crippen LogP contribution in [-0.4, -0.2) is 20.4 Å². The highest BCUT2D eigenvalue weighted by molar-refractivity contribution is 7.90. The van der Waals surface area contributed by atoms with Crippen molar-refractivity contribution in [2.75, 3.05) is 12.0 Å². The molecule has 0 aliphatic heterocycles. The Bertz CT molecular complexity index is 375. The van der Waals surface area contributed by atoms with Crippen molar-refractivity contribution in [3.63, 3.8) is 0 Å². The number of rotatable bonds is 4. The van der Waals surface area contributed by atoms with E-state index in [1.807, 2.05) is 30.3 Å². The molecule has 0 saturated heterocycles. The Morgan fingerprint density at radius 3 is 2.36 bits per heavy atom. The average Bonchev–Trinajstić information content (AvgIpc) is 2.14. The molecule has 3 N–H and O–H groups in total. The van der Waals surface area contributed by atoms with E-state index in [2.05, 4.69) is 5.43 Å². The van der Waals surface area contributed by atoms with Crippen molar-refractivity contribution < 1.29 is 8.42 Å². The minimum Gasteiger partial charge on any atom is -0.271 e. The number of hydrogen-bond acceptors (Lipinski definition) is 4. The zero-order valence-corrected chi connectivity index (χ0v) is 8.79. The third kappa shape index (κ3) is 3.45. The first-order valence-electron chi connectivity index (χ1n) is 4.22. The van der Waals surface area contributed by atoms with Crippen molar-refractivity contribution in [3.05, 3.63) is 35.9 Å². The van der Waals surface area contributed by atoms with Crippen molar-refractivity contribution in [1.29, 1.82) is 0 Å². The molecule has 0 unspecified atom stereocenters. The van der Waals surface area contributed by atoms with Gasteiger partial charge in [0.15, 0.2) is 0 Å². The van der Waals surface area contributed by atoms with Gasteiger partial charge in [0.1, 0.15) is 9.84 Å². The van der Waals surface area contributed by atoms with E-state index in [-0.39, 0.29) is 11.8 Å². The molecule has 5 heteroatoms. The molecule has 1 aromatic carbocycles. The fourth-order valence-corrected chi connectivity index (χ4v) is 2.12. The van der Waals surface area contributed by atoms with Gasteiger partial charge in [-0.25, -0.2) is 8.42 Å². The summed E-state index contributed by atoms with van der Waals surface area (Å²) in [5.41, 5.74) is 3.37. The van der Waals surface area contributed by atoms with Crippen molar-refractivity contribution in [2.45, 2.75) is 6.04 Å². The fraction of sp³-hybridized carbons (Fsp3) is 0.333. The molecule has 1 atom stereocenters. The Labute approximate surface area is 84.0 Å². The van der Waals surface area contributed by atoms with Crippen molar-refractivity contribution in [3.8, 4) is 0 Å². The predicted molar refractivity (Wildman–Crippen MR) is 56.2 cm³/mol. The number of nitrogens with two attached hydrogens (primary N) is 1. The van der Waals surface area contributed by atoms with Gasteiger partial charge in [-0.15, -0.1) is 0 Å². The van der Waals surface area contributed by atoms with Crippen LogP contribution in [0.3, 0.4) is 0 Å². The molecule has 0 radical (unpaired) electrons. The first kappa shape index (κ1) is 11.2. The topological polar surface area (TPSA) is 72.2 Å². The van der Waals surface area contributed by atoms with Crippen LogP contribution in [0.4, 0.5) is 0 Å². The van der Waals surface area contributed by atoms with Gasteiger partial charge in [-0.2, -0.15) is 0 Å². The number of benzene rings is 1. The van der Waals surface area contributed by atoms with Gasteiger partial charge in [-0.3, -0.25) is 11.3 Å². The number of sulfone groups is 1. The second-order valence-electron chi connectivity index (χ2n) is 3.22. The lowest BCUT2D eigenvalue weighted by molar-refractivity contribution is 0.564. The zero-order chi connectivity index (χ0) is 10.6. The standard InChI is InChI=1S/C9H14N2O2S/c1-14(12,13)7-9(11-10)8-5-3-2-4-6-8/h2-6,9,11H,7,10H2,1H3/t9-/m0/s1. The van der Waals surface area contributed by atoms with Crippen LogP contribution in [0.25, 0.3) is 0 Å². The lowest BCUT2D eigenvalue weighted by Gasteiger charge is -2.14. The largest absolute Gasteiger partial charge is 0.271 e. The summed E-state index contributed by atoms with van der Waals surface area (Å²) in [6.07, 6.45) is 1.19. The molecule has 0 spiro atoms. The Kier molecular flexibility index (Phi) is 3.62. The Hall–Kier alpha value is -0.910. The van der Waals surface area contributed by atoms with E-state index in [9.17, 15) is 8.42 Å². The number of hydrogen-bond donors (Lipinski definition) is 2. The predicted octanol–water partition coefficient (Wildman–Crippen LogP) is 0.236. The second kappa shape index (κ2) is 4.54. The number of hydrazine groups is 1. The van der Waals surface area contributed by atoms with Crippen LogP contribution >= 0.6 is 0 Å². The average molecular weight is 214 g/mol. The molecule has 0 amide bonds. The lowest BCUT2D eigenvalue weighted by Crippen LogP contribution is -2.32. The molecule has 1 rings (SSSR count). The maximum absolute atomic E-state index is 11.1. The van der Waals surface area contributed by atoms with Gasteiger partial charge < -0.3 is 0 Å². The van der Waals surface area contributed by atoms with Crippen LogP contribution in [0.5, 0.6) is 0 Å². The third-order valence-corrected chi connectivity index (χ3v) is 2.81. The Morgan fingerprint density at radius 2 is 1.93 bits per heavy atom. The summed E-state index contributed by atoms with van der Waals surface area (Å²) in [6, 6.07) is 8.92. The highest BCUT2D eigenvalue weighted by Gasteiger charge is 2.15. The normalized spacial score (nSPS) is 13.9. The minimum atomic E-state index is -3.03. The van der Waals surface area contributed by atoms with Gasteiger partial charge in [-0.05, 0) is 5.56 Å². The number of nitrogens with one attached hydrogen (secondary N) is 1. The molecular formula is C9H14N2O2S. The summed E-state index contributed by atoms with van der Waals surface area (Å²) in [4.78, 5) is 0. The summed E-state index contributed by atoms with van der Waals surface area (Å²) in [5.74, 6) is 5.30. The van der Waals surface area contributed by atoms with Crippen LogP contribution in [0.15, 0.2) is 30.3 Å². The van der Waals surface area contributed by atoms with Crippen LogP contribution in [0.2, 0.25) is 0 Å². The van der Waals surface area contributed by atoms with E-state index in [1.165, 1.54) is 6.26 Å². The first-order valence-corrected chi connectivity index (χ1v) is 6.28. The molecule has 14 heavy (non-hydrogen) atoms. The summed E-state index contributed by atoms with van der Waals surface area (Å²) in [7, 11) is -3.03. The smallest absolute Gasteiger partial charge is 0.149 e. The fourth-order valence-electron chi connectivity index (χ4n) is 1.23. The van der Waals surface area contributed by atoms with Gasteiger partial charge in [0, 0.05) is 6.26 Å². The van der Waals surface area contributed by atoms with Crippen molar-refractivity contribution >= 4 is 9.84 Å². The maximum atomic E-state index is 11.1. The van der Waals surface area contributed by atoms with E-state index >= 15 is 0 Å². The van der Waals surface area contributed by atoms with Gasteiger partial charge >= 0.3 is 0 Å². The van der Waals surface area contributed by atoms with Crippen molar-refractivity contribution in [2.24, 2.45) is 5.84 Å². The van der Waals surface area contributed by atoms with Gasteiger partial charge in [0.05, 0.1) is 11.8 Å². The van der Waals surface area contributed by atoms with E-state index in [0.29, 0.717) is 0 Å². The summed E-state index contributed by atoms with van der Waals surface area (Å²) in [6.45, 7) is 0. The van der Waals surface area contributed by atoms with E-state index in [1.54, 1.807) is 0 Å². The van der Waals surface area contributed by atoms with E-state index < -0.39 is 9.84 Å². The minimum absolute atomic E-state index is 0.00745. The summed E-state index contributed by atoms with van der Waals surface area (Å²) in [5, 5.41) is 0. The Balaban J connectivity index is 2.84. The van der Waals surface area contributed by atoms with Crippen molar-refractivity contribution in [1.82, 2.24) is 5.43 Å². The molecule has 0 aliphatic rings. The molecule has 0 bridgehead atoms. The van der Waals surface area contributed by atoms with Gasteiger partial charge in [-0.1, -0.05) is 30.3 Å². The first-order chi connectivity index (χ1) is 6.53. The highest BCUT2D eigenvalue weighted by atomic mass is 32.2. The molecule has 0 aliphatic carbocycles. The van der Waals surface area contributed by atoms with E-state index in [0.717, 1.165) is 5.56 Å². The molecule has 0 heterocycles. The van der Waals surface area contributed by atoms with E-state index in [4.69, 9.17) is 5.84 Å². The van der Waals surface area contributed by atoms with Crippen LogP contribution in [-0.2, 0) is 9.84 Å². The zero-order valence-electron chi connectivity index (χ0n) is 7.97. The van der Waals surface area contributed by atoms with Gasteiger partial charge in [0.25, 0.3) is 0 Å². The molecule has 0 aromatic heterocycles. The molecular weight excluding hydrogens is 200 g/mol. The SMILES string of the molecule is CS(=O)(=O)C[C@H](NN)c1ccccc1. The molecule has 0 fully saturated rings. The third-order valence-electron chi connectivity index (χ3n) is 1.87. The molecule has 0 saturated carbocycles. The van der Waals surface area contributed by atoms with Gasteiger partial charge in [0.2, 0.25) is 0 Å². The maximum Gasteiger partial charge on any atom is 0.149 e. The second-order valence-corrected chi connectivity index (χ2v) is 5.41. The quantitative estimate of drug-likeness (QED) is 0.556. The molecule has 1 aromatic rings. The van der Waals surface area contributed by atoms with Crippen LogP contribution < -0.4 is 11.3 Å². The molecule has 4 nitrogen and oxygen atoms in total. The monoisotopic (exact) mass is 214 g/mol. The lowest BCUT2D eigenvalue weighted by atomic mass is 10.1. The molecule has 78 valence electrons. The summed E-state index contributed by atoms with van der Waals surface area (Å²) >= 11 is 0. The highest BCUT2D eigenvalue weighted by Crippen LogP contribution is 2.12. The van der Waals surface area contributed by atoms with Crippen LogP contribution in [0.1, 0.15) is 11.6 Å². The summed E-state index contributed by atoms with van der Waals surface area (Å²) < 4.78 is 22.2. The Morgan fingerprint density at radius 1 is 1.36 bits per heavy atom.